The fourth-order valence-corrected chi connectivity index (χ4v) is 1.94. The highest BCUT2D eigenvalue weighted by atomic mass is 79.9. The fraction of sp³-hybridized carbons (Fsp3) is 0.167. The van der Waals surface area contributed by atoms with Crippen LogP contribution in [0.4, 0.5) is 0 Å². The van der Waals surface area contributed by atoms with Crippen LogP contribution in [-0.2, 0) is 6.54 Å². The molecule has 0 spiro atoms. The molecule has 0 saturated heterocycles. The molecule has 0 bridgehead atoms. The molecule has 0 saturated carbocycles. The third-order valence-electron chi connectivity index (χ3n) is 2.28. The molecule has 2 aromatic rings. The van der Waals surface area contributed by atoms with E-state index in [2.05, 4.69) is 20.9 Å². The van der Waals surface area contributed by atoms with Gasteiger partial charge in [0.2, 0.25) is 0 Å². The molecule has 1 heterocycles. The predicted octanol–water partition coefficient (Wildman–Crippen LogP) is 2.54. The second-order valence-electron chi connectivity index (χ2n) is 3.43. The lowest BCUT2D eigenvalue weighted by molar-refractivity contribution is 0.111. The first-order valence-electron chi connectivity index (χ1n) is 5.13. The van der Waals surface area contributed by atoms with Crippen LogP contribution in [0.3, 0.4) is 0 Å². The minimum atomic E-state index is 0.486. The summed E-state index contributed by atoms with van der Waals surface area (Å²) in [4.78, 5) is 14.8. The fourth-order valence-electron chi connectivity index (χ4n) is 1.44. The molecule has 0 fully saturated rings. The molecule has 1 aromatic carbocycles. The van der Waals surface area contributed by atoms with Crippen LogP contribution in [0.5, 0.6) is 5.75 Å². The monoisotopic (exact) mass is 294 g/mol. The van der Waals surface area contributed by atoms with Gasteiger partial charge in [-0.3, -0.25) is 4.79 Å². The summed E-state index contributed by atoms with van der Waals surface area (Å²) >= 11 is 3.36. The highest BCUT2D eigenvalue weighted by molar-refractivity contribution is 9.10. The lowest BCUT2D eigenvalue weighted by Crippen LogP contribution is -2.08. The first-order chi connectivity index (χ1) is 8.31. The molecule has 0 N–H and O–H groups in total. The normalized spacial score (nSPS) is 10.2. The number of benzene rings is 1. The van der Waals surface area contributed by atoms with Gasteiger partial charge in [-0.2, -0.15) is 0 Å². The van der Waals surface area contributed by atoms with Gasteiger partial charge in [0.05, 0.1) is 22.9 Å². The zero-order valence-electron chi connectivity index (χ0n) is 9.04. The number of rotatable bonds is 5. The largest absolute Gasteiger partial charge is 0.490 e. The lowest BCUT2D eigenvalue weighted by Gasteiger charge is -2.10. The summed E-state index contributed by atoms with van der Waals surface area (Å²) in [6.07, 6.45) is 6.10. The number of carbonyl (C=O) groups excluding carboxylic acids is 1. The molecule has 0 aliphatic carbocycles. The number of imidazole rings is 1. The number of aromatic nitrogens is 2. The maximum Gasteiger partial charge on any atom is 0.153 e. The highest BCUT2D eigenvalue weighted by Crippen LogP contribution is 2.27. The Kier molecular flexibility index (Phi) is 3.93. The zero-order valence-corrected chi connectivity index (χ0v) is 10.6. The quantitative estimate of drug-likeness (QED) is 0.796. The van der Waals surface area contributed by atoms with Crippen LogP contribution in [-0.4, -0.2) is 22.4 Å². The van der Waals surface area contributed by atoms with Crippen molar-refractivity contribution in [3.8, 4) is 5.75 Å². The van der Waals surface area contributed by atoms with E-state index in [1.165, 1.54) is 0 Å². The Morgan fingerprint density at radius 1 is 1.47 bits per heavy atom. The Morgan fingerprint density at radius 2 is 2.35 bits per heavy atom. The Morgan fingerprint density at radius 3 is 3.06 bits per heavy atom. The Labute approximate surface area is 107 Å². The maximum absolute atomic E-state index is 10.9. The molecular weight excluding hydrogens is 284 g/mol. The first kappa shape index (κ1) is 11.9. The average Bonchev–Trinajstić information content (AvgIpc) is 2.84. The smallest absolute Gasteiger partial charge is 0.153 e. The standard InChI is InChI=1S/C12H11BrN2O2/c13-11-3-1-2-10(8-16)12(11)17-7-6-15-5-4-14-9-15/h1-5,8-9H,6-7H2. The number of hydrogen-bond acceptors (Lipinski definition) is 3. The molecule has 0 aliphatic rings. The molecule has 17 heavy (non-hydrogen) atoms. The van der Waals surface area contributed by atoms with Gasteiger partial charge in [0.25, 0.3) is 0 Å². The van der Waals surface area contributed by atoms with Crippen molar-refractivity contribution in [3.63, 3.8) is 0 Å². The van der Waals surface area contributed by atoms with Gasteiger partial charge in [-0.15, -0.1) is 0 Å². The van der Waals surface area contributed by atoms with Crippen LogP contribution in [0.15, 0.2) is 41.4 Å². The molecule has 0 unspecified atom stereocenters. The summed E-state index contributed by atoms with van der Waals surface area (Å²) in [5, 5.41) is 0. The SMILES string of the molecule is O=Cc1cccc(Br)c1OCCn1ccnc1. The van der Waals surface area contributed by atoms with Gasteiger partial charge >= 0.3 is 0 Å². The number of halogens is 1. The molecule has 88 valence electrons. The third-order valence-corrected chi connectivity index (χ3v) is 2.90. The Hall–Kier alpha value is -1.62. The van der Waals surface area contributed by atoms with Gasteiger partial charge in [-0.05, 0) is 28.1 Å². The van der Waals surface area contributed by atoms with Crippen LogP contribution < -0.4 is 4.74 Å². The third kappa shape index (κ3) is 2.94. The van der Waals surface area contributed by atoms with Gasteiger partial charge in [-0.1, -0.05) is 6.07 Å². The van der Waals surface area contributed by atoms with Gasteiger partial charge in [0, 0.05) is 12.4 Å². The van der Waals surface area contributed by atoms with Gasteiger partial charge in [-0.25, -0.2) is 4.98 Å². The van der Waals surface area contributed by atoms with Crippen LogP contribution in [0, 0.1) is 0 Å². The van der Waals surface area contributed by atoms with E-state index in [1.54, 1.807) is 24.7 Å². The van der Waals surface area contributed by atoms with Crippen molar-refractivity contribution in [1.29, 1.82) is 0 Å². The summed E-state index contributed by atoms with van der Waals surface area (Å²) in [5.74, 6) is 0.586. The van der Waals surface area contributed by atoms with Gasteiger partial charge < -0.3 is 9.30 Å². The summed E-state index contributed by atoms with van der Waals surface area (Å²) in [6, 6.07) is 5.38. The first-order valence-corrected chi connectivity index (χ1v) is 5.93. The molecule has 4 nitrogen and oxygen atoms in total. The Bertz CT molecular complexity index is 497. The summed E-state index contributed by atoms with van der Waals surface area (Å²) in [5.41, 5.74) is 0.546. The second kappa shape index (κ2) is 5.63. The van der Waals surface area contributed by atoms with E-state index in [0.717, 1.165) is 10.8 Å². The predicted molar refractivity (Wildman–Crippen MR) is 67.3 cm³/mol. The van der Waals surface area contributed by atoms with Crippen LogP contribution >= 0.6 is 15.9 Å². The van der Waals surface area contributed by atoms with E-state index in [9.17, 15) is 4.79 Å². The number of hydrogen-bond donors (Lipinski definition) is 0. The number of carbonyl (C=O) groups is 1. The summed E-state index contributed by atoms with van der Waals surface area (Å²) in [6.45, 7) is 1.18. The van der Waals surface area contributed by atoms with E-state index >= 15 is 0 Å². The molecule has 2 rings (SSSR count). The van der Waals surface area contributed by atoms with E-state index in [4.69, 9.17) is 4.74 Å². The summed E-state index contributed by atoms with van der Waals surface area (Å²) in [7, 11) is 0. The number of para-hydroxylation sites is 1. The second-order valence-corrected chi connectivity index (χ2v) is 4.28. The van der Waals surface area contributed by atoms with Crippen molar-refractivity contribution in [1.82, 2.24) is 9.55 Å². The van der Waals surface area contributed by atoms with Crippen molar-refractivity contribution in [2.24, 2.45) is 0 Å². The molecule has 0 aliphatic heterocycles. The maximum atomic E-state index is 10.9. The Balaban J connectivity index is 2.01. The number of aldehydes is 1. The van der Waals surface area contributed by atoms with Crippen LogP contribution in [0.25, 0.3) is 0 Å². The van der Waals surface area contributed by atoms with Crippen LogP contribution in [0.1, 0.15) is 10.4 Å². The van der Waals surface area contributed by atoms with Crippen molar-refractivity contribution in [2.45, 2.75) is 6.54 Å². The molecule has 0 radical (unpaired) electrons. The van der Waals surface area contributed by atoms with Crippen molar-refractivity contribution in [3.05, 3.63) is 47.0 Å². The minimum absolute atomic E-state index is 0.486. The molecule has 0 amide bonds. The summed E-state index contributed by atoms with van der Waals surface area (Å²) < 4.78 is 8.30. The minimum Gasteiger partial charge on any atom is -0.490 e. The van der Waals surface area contributed by atoms with Gasteiger partial charge in [0.1, 0.15) is 12.4 Å². The van der Waals surface area contributed by atoms with Gasteiger partial charge in [0.15, 0.2) is 6.29 Å². The van der Waals surface area contributed by atoms with E-state index in [1.807, 2.05) is 16.8 Å². The van der Waals surface area contributed by atoms with E-state index < -0.39 is 0 Å². The topological polar surface area (TPSA) is 44.1 Å². The average molecular weight is 295 g/mol. The van der Waals surface area contributed by atoms with Crippen molar-refractivity contribution < 1.29 is 9.53 Å². The lowest BCUT2D eigenvalue weighted by atomic mass is 10.2. The molecule has 5 heteroatoms. The van der Waals surface area contributed by atoms with E-state index in [-0.39, 0.29) is 0 Å². The number of nitrogens with zero attached hydrogens (tertiary/aromatic N) is 2. The van der Waals surface area contributed by atoms with Crippen LogP contribution in [0.2, 0.25) is 0 Å². The molecule has 0 atom stereocenters. The molecule has 1 aromatic heterocycles. The highest BCUT2D eigenvalue weighted by Gasteiger charge is 2.06. The zero-order chi connectivity index (χ0) is 12.1. The van der Waals surface area contributed by atoms with Crippen molar-refractivity contribution >= 4 is 22.2 Å². The number of ether oxygens (including phenoxy) is 1. The van der Waals surface area contributed by atoms with Crippen molar-refractivity contribution in [2.75, 3.05) is 6.61 Å². The molecular formula is C12H11BrN2O2. The van der Waals surface area contributed by atoms with E-state index in [0.29, 0.717) is 24.5 Å².